The van der Waals surface area contributed by atoms with E-state index in [-0.39, 0.29) is 5.69 Å². The van der Waals surface area contributed by atoms with Gasteiger partial charge >= 0.3 is 0 Å². The Kier molecular flexibility index (Phi) is 10.6. The number of benzene rings is 1. The molecule has 5 nitrogen and oxygen atoms in total. The zero-order chi connectivity index (χ0) is 21.0. The van der Waals surface area contributed by atoms with E-state index in [2.05, 4.69) is 16.2 Å². The van der Waals surface area contributed by atoms with Gasteiger partial charge in [0.2, 0.25) is 0 Å². The molecule has 162 valence electrons. The molecule has 0 aromatic heterocycles. The molecule has 3 rings (SSSR count). The summed E-state index contributed by atoms with van der Waals surface area (Å²) in [7, 11) is 0. The van der Waals surface area contributed by atoms with Crippen LogP contribution >= 0.6 is 47.0 Å². The topological polar surface area (TPSA) is 61.6 Å². The molecular formula is C21H25NO4S4. The minimum absolute atomic E-state index is 0.0888. The Labute approximate surface area is 194 Å². The molecule has 1 aromatic carbocycles. The van der Waals surface area contributed by atoms with Crippen LogP contribution in [0.1, 0.15) is 38.5 Å². The summed E-state index contributed by atoms with van der Waals surface area (Å²) in [5.74, 6) is 0.687. The van der Waals surface area contributed by atoms with Crippen LogP contribution in [0.3, 0.4) is 0 Å². The number of unbranched alkanes of at least 4 members (excludes halogenated alkanes) is 5. The summed E-state index contributed by atoms with van der Waals surface area (Å²) in [6.45, 7) is 2.19. The molecule has 0 saturated carbocycles. The van der Waals surface area contributed by atoms with Crippen LogP contribution in [0.5, 0.6) is 5.75 Å². The Morgan fingerprint density at radius 2 is 1.50 bits per heavy atom. The fourth-order valence-corrected chi connectivity index (χ4v) is 7.20. The van der Waals surface area contributed by atoms with Gasteiger partial charge in [-0.2, -0.15) is 0 Å². The van der Waals surface area contributed by atoms with E-state index in [9.17, 15) is 10.1 Å². The maximum Gasteiger partial charge on any atom is 0.269 e. The fourth-order valence-electron chi connectivity index (χ4n) is 2.78. The number of rotatable bonds is 13. The van der Waals surface area contributed by atoms with Gasteiger partial charge in [0.05, 0.1) is 26.6 Å². The maximum atomic E-state index is 10.6. The molecule has 30 heavy (non-hydrogen) atoms. The molecule has 0 fully saturated rings. The Bertz CT molecular complexity index is 783. The lowest BCUT2D eigenvalue weighted by Crippen LogP contribution is -1.98. The third-order valence-corrected chi connectivity index (χ3v) is 9.38. The van der Waals surface area contributed by atoms with Crippen molar-refractivity contribution in [2.24, 2.45) is 0 Å². The van der Waals surface area contributed by atoms with Gasteiger partial charge in [-0.1, -0.05) is 72.7 Å². The Balaban J connectivity index is 1.12. The second-order valence-corrected chi connectivity index (χ2v) is 11.0. The summed E-state index contributed by atoms with van der Waals surface area (Å²) >= 11 is 7.26. The summed E-state index contributed by atoms with van der Waals surface area (Å²) in [4.78, 5) is 11.5. The molecular weight excluding hydrogens is 459 g/mol. The van der Waals surface area contributed by atoms with Gasteiger partial charge in [-0.05, 0) is 41.2 Å². The van der Waals surface area contributed by atoms with Crippen molar-refractivity contribution in [2.75, 3.05) is 19.8 Å². The molecule has 0 atom stereocenters. The molecule has 0 bridgehead atoms. The van der Waals surface area contributed by atoms with Crippen molar-refractivity contribution in [1.29, 1.82) is 0 Å². The predicted octanol–water partition coefficient (Wildman–Crippen LogP) is 7.73. The van der Waals surface area contributed by atoms with Crippen LogP contribution in [-0.4, -0.2) is 24.7 Å². The zero-order valence-corrected chi connectivity index (χ0v) is 19.9. The molecule has 0 radical (unpaired) electrons. The first kappa shape index (κ1) is 23.7. The van der Waals surface area contributed by atoms with Crippen molar-refractivity contribution < 1.29 is 14.4 Å². The lowest BCUT2D eigenvalue weighted by atomic mass is 10.1. The van der Waals surface area contributed by atoms with E-state index in [4.69, 9.17) is 9.47 Å². The average molecular weight is 484 g/mol. The highest BCUT2D eigenvalue weighted by Crippen LogP contribution is 2.53. The lowest BCUT2D eigenvalue weighted by molar-refractivity contribution is -0.384. The van der Waals surface area contributed by atoms with Gasteiger partial charge in [-0.3, -0.25) is 10.1 Å². The van der Waals surface area contributed by atoms with Crippen molar-refractivity contribution in [3.63, 3.8) is 0 Å². The normalized spacial score (nSPS) is 15.7. The van der Waals surface area contributed by atoms with Crippen LogP contribution in [0.4, 0.5) is 5.69 Å². The van der Waals surface area contributed by atoms with E-state index in [0.29, 0.717) is 12.4 Å². The standard InChI is InChI=1S/C21H25NO4S4/c23-22(24)17-7-9-18(10-8-17)26-12-6-4-2-1-3-5-11-25-15-19-16-29-21(30-19)20-27-13-14-28-20/h7-10,13-14,16H,1-6,11-12,15H2. The zero-order valence-electron chi connectivity index (χ0n) is 16.6. The Morgan fingerprint density at radius 3 is 2.20 bits per heavy atom. The van der Waals surface area contributed by atoms with E-state index in [1.165, 1.54) is 44.8 Å². The van der Waals surface area contributed by atoms with Crippen molar-refractivity contribution in [3.05, 3.63) is 64.0 Å². The van der Waals surface area contributed by atoms with Gasteiger partial charge in [0.25, 0.3) is 5.69 Å². The molecule has 0 aliphatic carbocycles. The number of hydrogen-bond donors (Lipinski definition) is 0. The largest absolute Gasteiger partial charge is 0.494 e. The summed E-state index contributed by atoms with van der Waals surface area (Å²) < 4.78 is 14.2. The number of nitro benzene ring substituents is 1. The van der Waals surface area contributed by atoms with Gasteiger partial charge in [0.1, 0.15) is 5.75 Å². The molecule has 2 aliphatic heterocycles. The van der Waals surface area contributed by atoms with Crippen molar-refractivity contribution in [2.45, 2.75) is 38.5 Å². The van der Waals surface area contributed by atoms with Crippen LogP contribution in [0.25, 0.3) is 0 Å². The molecule has 9 heteroatoms. The third kappa shape index (κ3) is 8.26. The first-order valence-electron chi connectivity index (χ1n) is 9.93. The average Bonchev–Trinajstić information content (AvgIpc) is 3.44. The van der Waals surface area contributed by atoms with Crippen molar-refractivity contribution in [1.82, 2.24) is 0 Å². The van der Waals surface area contributed by atoms with Crippen molar-refractivity contribution >= 4 is 52.7 Å². The molecule has 1 aromatic rings. The number of thioether (sulfide) groups is 4. The van der Waals surface area contributed by atoms with Crippen LogP contribution in [-0.2, 0) is 4.74 Å². The van der Waals surface area contributed by atoms with Crippen LogP contribution in [0.15, 0.2) is 53.9 Å². The van der Waals surface area contributed by atoms with E-state index >= 15 is 0 Å². The van der Waals surface area contributed by atoms with E-state index in [0.717, 1.165) is 32.5 Å². The minimum atomic E-state index is -0.403. The van der Waals surface area contributed by atoms with Crippen LogP contribution in [0.2, 0.25) is 0 Å². The summed E-state index contributed by atoms with van der Waals surface area (Å²) in [5, 5.41) is 17.1. The smallest absolute Gasteiger partial charge is 0.269 e. The Morgan fingerprint density at radius 1 is 0.833 bits per heavy atom. The molecule has 0 N–H and O–H groups in total. The first-order valence-corrected chi connectivity index (χ1v) is 13.4. The van der Waals surface area contributed by atoms with Crippen molar-refractivity contribution in [3.8, 4) is 5.75 Å². The predicted molar refractivity (Wildman–Crippen MR) is 132 cm³/mol. The molecule has 2 aliphatic rings. The van der Waals surface area contributed by atoms with Gasteiger partial charge in [-0.15, -0.1) is 0 Å². The van der Waals surface area contributed by atoms with Gasteiger partial charge in [-0.25, -0.2) is 0 Å². The molecule has 0 amide bonds. The molecule has 2 heterocycles. The molecule has 0 saturated heterocycles. The number of ether oxygens (including phenoxy) is 2. The number of non-ortho nitro benzene ring substituents is 1. The van der Waals surface area contributed by atoms with Gasteiger partial charge in [0.15, 0.2) is 0 Å². The number of nitro groups is 1. The second kappa shape index (κ2) is 13.4. The monoisotopic (exact) mass is 483 g/mol. The highest BCUT2D eigenvalue weighted by Gasteiger charge is 2.18. The second-order valence-electron chi connectivity index (χ2n) is 6.66. The van der Waals surface area contributed by atoms with E-state index in [1.54, 1.807) is 35.7 Å². The minimum Gasteiger partial charge on any atom is -0.494 e. The van der Waals surface area contributed by atoms with Gasteiger partial charge < -0.3 is 9.47 Å². The van der Waals surface area contributed by atoms with E-state index in [1.807, 2.05) is 23.5 Å². The lowest BCUT2D eigenvalue weighted by Gasteiger charge is -2.07. The van der Waals surface area contributed by atoms with E-state index < -0.39 is 4.92 Å². The SMILES string of the molecule is O=[N+]([O-])c1ccc(OCCCCCCCCOCC2=CSC(=C3SC=CS3)S2)cc1. The Hall–Kier alpha value is -1.000. The number of hydrogen-bond acceptors (Lipinski definition) is 8. The number of nitrogens with zero attached hydrogens (tertiary/aromatic N) is 1. The highest BCUT2D eigenvalue weighted by molar-refractivity contribution is 8.33. The van der Waals surface area contributed by atoms with Crippen LogP contribution < -0.4 is 4.74 Å². The summed E-state index contributed by atoms with van der Waals surface area (Å²) in [5.41, 5.74) is 0.0888. The van der Waals surface area contributed by atoms with Gasteiger partial charge in [0, 0.05) is 23.6 Å². The maximum absolute atomic E-state index is 10.6. The highest BCUT2D eigenvalue weighted by atomic mass is 32.2. The fraction of sp³-hybridized carbons (Fsp3) is 0.429. The molecule has 0 spiro atoms. The quantitative estimate of drug-likeness (QED) is 0.160. The first-order chi connectivity index (χ1) is 14.7. The summed E-state index contributed by atoms with van der Waals surface area (Å²) in [6.07, 6.45) is 6.84. The summed E-state index contributed by atoms with van der Waals surface area (Å²) in [6, 6.07) is 6.25. The molecule has 0 unspecified atom stereocenters. The van der Waals surface area contributed by atoms with Crippen LogP contribution in [0, 0.1) is 10.1 Å². The third-order valence-electron chi connectivity index (χ3n) is 4.34.